The number of rotatable bonds is 45. The van der Waals surface area contributed by atoms with Gasteiger partial charge in [-0.1, -0.05) is 192 Å². The van der Waals surface area contributed by atoms with Crippen molar-refractivity contribution in [3.63, 3.8) is 0 Å². The molecule has 1 aliphatic carbocycles. The van der Waals surface area contributed by atoms with Crippen LogP contribution < -0.4 is 0 Å². The zero-order chi connectivity index (χ0) is 49.2. The molecule has 0 heterocycles. The number of unbranched alkanes of at least 4 members (excludes halogenated alkanes) is 27. The molecule has 0 saturated heterocycles. The molecule has 0 aromatic heterocycles. The second-order valence-electron chi connectivity index (χ2n) is 18.7. The first kappa shape index (κ1) is 63.1. The summed E-state index contributed by atoms with van der Waals surface area (Å²) < 4.78 is 33.6. The van der Waals surface area contributed by atoms with E-state index in [1.54, 1.807) is 0 Å². The Morgan fingerprint density at radius 1 is 0.463 bits per heavy atom. The molecule has 67 heavy (non-hydrogen) atoms. The fraction of sp³-hybridized carbons (Fsp3) is 0.849. The number of carbonyl (C=O) groups excluding carboxylic acids is 2. The summed E-state index contributed by atoms with van der Waals surface area (Å²) in [5.74, 6) is -1.15. The average Bonchev–Trinajstić information content (AvgIpc) is 3.31. The summed E-state index contributed by atoms with van der Waals surface area (Å²) in [6, 6.07) is 0. The van der Waals surface area contributed by atoms with Gasteiger partial charge in [0, 0.05) is 12.8 Å². The number of hydrogen-bond acceptors (Lipinski definition) is 12. The summed E-state index contributed by atoms with van der Waals surface area (Å²) in [6.45, 7) is 3.29. The number of hydrogen-bond donors (Lipinski definition) is 6. The number of phosphoric ester groups is 1. The van der Waals surface area contributed by atoms with E-state index in [0.717, 1.165) is 32.1 Å². The zero-order valence-electron chi connectivity index (χ0n) is 41.9. The van der Waals surface area contributed by atoms with Crippen LogP contribution in [-0.2, 0) is 32.7 Å². The van der Waals surface area contributed by atoms with Gasteiger partial charge in [0.2, 0.25) is 0 Å². The van der Waals surface area contributed by atoms with Crippen LogP contribution in [0, 0.1) is 0 Å². The van der Waals surface area contributed by atoms with Crippen LogP contribution in [0.15, 0.2) is 36.5 Å². The summed E-state index contributed by atoms with van der Waals surface area (Å²) in [7, 11) is -5.13. The number of esters is 2. The van der Waals surface area contributed by atoms with Gasteiger partial charge < -0.3 is 39.9 Å². The van der Waals surface area contributed by atoms with E-state index in [2.05, 4.69) is 38.2 Å². The first-order valence-corrected chi connectivity index (χ1v) is 28.3. The van der Waals surface area contributed by atoms with Gasteiger partial charge in [0.1, 0.15) is 43.2 Å². The number of ether oxygens (including phenoxy) is 2. The Balaban J connectivity index is 2.39. The van der Waals surface area contributed by atoms with Crippen LogP contribution in [0.25, 0.3) is 0 Å². The van der Waals surface area contributed by atoms with Crippen molar-refractivity contribution in [3.05, 3.63) is 36.5 Å². The normalized spacial score (nSPS) is 21.4. The predicted octanol–water partition coefficient (Wildman–Crippen LogP) is 11.7. The molecule has 392 valence electrons. The lowest BCUT2D eigenvalue weighted by Gasteiger charge is -2.41. The standard InChI is InChI=1S/C53H97O13P/c1-3-5-7-9-11-13-15-17-19-21-22-23-24-26-27-29-31-33-35-37-39-41-46(54)63-43-45(44-64-67(61,62)66-53-51(59)49(57)48(56)50(58)52(53)60)65-47(55)42-40-38-36-34-32-30-28-25-20-18-16-14-12-10-8-6-4-2/h17,19,28,30,34,36,45,48-53,56-60H,3-16,18,20-27,29,31-33,35,37-44H2,1-2H3,(H,61,62)/b19-17+,30-28+,36-34+/t45-,48?,49-,50?,51?,52?,53?/m0/s1. The highest BCUT2D eigenvalue weighted by Crippen LogP contribution is 2.47. The van der Waals surface area contributed by atoms with Gasteiger partial charge in [0.15, 0.2) is 6.10 Å². The van der Waals surface area contributed by atoms with Crippen LogP contribution >= 0.6 is 7.82 Å². The van der Waals surface area contributed by atoms with Gasteiger partial charge in [0.25, 0.3) is 0 Å². The smallest absolute Gasteiger partial charge is 0.462 e. The predicted molar refractivity (Wildman–Crippen MR) is 267 cm³/mol. The van der Waals surface area contributed by atoms with E-state index in [1.807, 2.05) is 12.2 Å². The van der Waals surface area contributed by atoms with E-state index >= 15 is 0 Å². The summed E-state index contributed by atoms with van der Waals surface area (Å²) in [5.41, 5.74) is 0. The molecule has 6 N–H and O–H groups in total. The largest absolute Gasteiger partial charge is 0.472 e. The minimum Gasteiger partial charge on any atom is -0.462 e. The lowest BCUT2D eigenvalue weighted by Crippen LogP contribution is -2.64. The Kier molecular flexibility index (Phi) is 40.4. The Labute approximate surface area is 406 Å². The first-order chi connectivity index (χ1) is 32.4. The third kappa shape index (κ3) is 34.9. The molecule has 0 amide bonds. The highest BCUT2D eigenvalue weighted by atomic mass is 31.2. The summed E-state index contributed by atoms with van der Waals surface area (Å²) in [5, 5.41) is 50.3. The van der Waals surface area contributed by atoms with Crippen LogP contribution in [-0.4, -0.2) is 98.3 Å². The molecular formula is C53H97O13P. The van der Waals surface area contributed by atoms with Crippen molar-refractivity contribution in [2.75, 3.05) is 13.2 Å². The molecule has 14 heteroatoms. The van der Waals surface area contributed by atoms with E-state index in [-0.39, 0.29) is 12.8 Å². The SMILES string of the molecule is CCCCCCCC/C=C/CCCCCCCCCCCCCC(=O)OC[C@@H](COP(=O)(O)OC1C(O)C(O)C(O)[C@H](O)C1O)OC(=O)CCC/C=C/C/C=C/CCCCCCCCCCC. The Hall–Kier alpha value is -1.93. The molecule has 1 rings (SSSR count). The van der Waals surface area contributed by atoms with E-state index in [1.165, 1.54) is 154 Å². The molecule has 0 radical (unpaired) electrons. The monoisotopic (exact) mass is 973 g/mol. The topological polar surface area (TPSA) is 210 Å². The molecule has 0 aromatic carbocycles. The average molecular weight is 973 g/mol. The number of carbonyl (C=O) groups is 2. The quantitative estimate of drug-likeness (QED) is 0.0145. The van der Waals surface area contributed by atoms with Gasteiger partial charge in [0.05, 0.1) is 6.61 Å². The highest BCUT2D eigenvalue weighted by molar-refractivity contribution is 7.47. The fourth-order valence-corrected chi connectivity index (χ4v) is 9.12. The van der Waals surface area contributed by atoms with E-state index in [0.29, 0.717) is 19.3 Å². The molecule has 6 unspecified atom stereocenters. The molecule has 1 fully saturated rings. The van der Waals surface area contributed by atoms with Crippen LogP contribution in [0.2, 0.25) is 0 Å². The molecule has 0 aliphatic heterocycles. The molecule has 1 saturated carbocycles. The van der Waals surface area contributed by atoms with Gasteiger partial charge in [-0.2, -0.15) is 0 Å². The van der Waals surface area contributed by atoms with Gasteiger partial charge in [-0.05, 0) is 64.2 Å². The maximum atomic E-state index is 12.9. The van der Waals surface area contributed by atoms with Crippen molar-refractivity contribution in [3.8, 4) is 0 Å². The molecular weight excluding hydrogens is 876 g/mol. The minimum absolute atomic E-state index is 0.0341. The summed E-state index contributed by atoms with van der Waals surface area (Å²) >= 11 is 0. The van der Waals surface area contributed by atoms with Crippen molar-refractivity contribution in [2.45, 2.75) is 275 Å². The van der Waals surface area contributed by atoms with Gasteiger partial charge in [-0.3, -0.25) is 18.6 Å². The molecule has 0 aromatic rings. The fourth-order valence-electron chi connectivity index (χ4n) is 8.15. The maximum Gasteiger partial charge on any atom is 0.472 e. The number of phosphoric acid groups is 1. The van der Waals surface area contributed by atoms with Crippen LogP contribution in [0.4, 0.5) is 0 Å². The van der Waals surface area contributed by atoms with Crippen molar-refractivity contribution < 1.29 is 63.1 Å². The lowest BCUT2D eigenvalue weighted by molar-refractivity contribution is -0.220. The summed E-state index contributed by atoms with van der Waals surface area (Å²) in [6.07, 6.45) is 37.7. The van der Waals surface area contributed by atoms with Crippen molar-refractivity contribution >= 4 is 19.8 Å². The van der Waals surface area contributed by atoms with Gasteiger partial charge in [-0.15, -0.1) is 0 Å². The molecule has 0 spiro atoms. The molecule has 0 bridgehead atoms. The minimum atomic E-state index is -5.13. The second-order valence-corrected chi connectivity index (χ2v) is 20.1. The van der Waals surface area contributed by atoms with Gasteiger partial charge in [-0.25, -0.2) is 4.57 Å². The number of aliphatic hydroxyl groups excluding tert-OH is 5. The first-order valence-electron chi connectivity index (χ1n) is 26.8. The maximum absolute atomic E-state index is 12.9. The van der Waals surface area contributed by atoms with E-state index in [4.69, 9.17) is 18.5 Å². The van der Waals surface area contributed by atoms with Crippen molar-refractivity contribution in [1.82, 2.24) is 0 Å². The third-order valence-corrected chi connectivity index (χ3v) is 13.4. The zero-order valence-corrected chi connectivity index (χ0v) is 42.8. The number of allylic oxidation sites excluding steroid dienone is 6. The van der Waals surface area contributed by atoms with Crippen LogP contribution in [0.5, 0.6) is 0 Å². The molecule has 13 nitrogen and oxygen atoms in total. The van der Waals surface area contributed by atoms with Gasteiger partial charge >= 0.3 is 19.8 Å². The van der Waals surface area contributed by atoms with Crippen LogP contribution in [0.3, 0.4) is 0 Å². The van der Waals surface area contributed by atoms with Crippen molar-refractivity contribution in [1.29, 1.82) is 0 Å². The number of aliphatic hydroxyl groups is 5. The second kappa shape index (κ2) is 42.9. The third-order valence-electron chi connectivity index (χ3n) is 12.5. The Morgan fingerprint density at radius 3 is 1.27 bits per heavy atom. The van der Waals surface area contributed by atoms with E-state index in [9.17, 15) is 44.6 Å². The lowest BCUT2D eigenvalue weighted by atomic mass is 9.85. The molecule has 8 atom stereocenters. The van der Waals surface area contributed by atoms with E-state index < -0.39 is 75.7 Å². The highest BCUT2D eigenvalue weighted by Gasteiger charge is 2.51. The Bertz CT molecular complexity index is 1310. The Morgan fingerprint density at radius 2 is 0.821 bits per heavy atom. The molecule has 1 aliphatic rings. The summed E-state index contributed by atoms with van der Waals surface area (Å²) in [4.78, 5) is 35.8. The van der Waals surface area contributed by atoms with Crippen LogP contribution in [0.1, 0.15) is 232 Å². The van der Waals surface area contributed by atoms with Crippen molar-refractivity contribution in [2.24, 2.45) is 0 Å².